The van der Waals surface area contributed by atoms with E-state index in [4.69, 9.17) is 22.1 Å². The Morgan fingerprint density at radius 2 is 1.82 bits per heavy atom. The molecule has 2 rings (SSSR count). The largest absolute Gasteiger partial charge is 0.492 e. The second-order valence-corrected chi connectivity index (χ2v) is 5.21. The number of anilines is 1. The van der Waals surface area contributed by atoms with E-state index in [1.165, 1.54) is 0 Å². The van der Waals surface area contributed by atoms with E-state index >= 15 is 0 Å². The molecule has 0 unspecified atom stereocenters. The topological polar surface area (TPSA) is 35.2 Å². The van der Waals surface area contributed by atoms with Crippen LogP contribution < -0.4 is 10.5 Å². The number of allylic oxidation sites excluding steroid dienone is 3. The molecule has 0 fully saturated rings. The van der Waals surface area contributed by atoms with Gasteiger partial charge in [0, 0.05) is 5.69 Å². The van der Waals surface area contributed by atoms with Crippen LogP contribution in [0.4, 0.5) is 5.69 Å². The van der Waals surface area contributed by atoms with Gasteiger partial charge in [-0.1, -0.05) is 48.0 Å². The monoisotopic (exact) mass is 313 g/mol. The van der Waals surface area contributed by atoms with Crippen molar-refractivity contribution in [2.45, 2.75) is 13.8 Å². The lowest BCUT2D eigenvalue weighted by molar-refractivity contribution is 0.340. The molecule has 22 heavy (non-hydrogen) atoms. The summed E-state index contributed by atoms with van der Waals surface area (Å²) in [5.41, 5.74) is 9.74. The van der Waals surface area contributed by atoms with Crippen LogP contribution >= 0.6 is 11.6 Å². The first-order chi connectivity index (χ1) is 10.7. The van der Waals surface area contributed by atoms with E-state index < -0.39 is 0 Å². The Kier molecular flexibility index (Phi) is 5.68. The summed E-state index contributed by atoms with van der Waals surface area (Å²) in [6.07, 6.45) is 6.07. The van der Waals surface area contributed by atoms with Crippen LogP contribution in [-0.2, 0) is 0 Å². The Hall–Kier alpha value is -2.19. The van der Waals surface area contributed by atoms with E-state index in [9.17, 15) is 0 Å². The number of ether oxygens (including phenoxy) is 1. The summed E-state index contributed by atoms with van der Waals surface area (Å²) in [5, 5.41) is 0.612. The number of hydrogen-bond acceptors (Lipinski definition) is 2. The zero-order chi connectivity index (χ0) is 15.9. The lowest BCUT2D eigenvalue weighted by atomic mass is 9.97. The molecule has 0 amide bonds. The van der Waals surface area contributed by atoms with E-state index in [2.05, 4.69) is 6.08 Å². The Morgan fingerprint density at radius 1 is 1.14 bits per heavy atom. The van der Waals surface area contributed by atoms with Crippen molar-refractivity contribution in [2.24, 2.45) is 0 Å². The minimum atomic E-state index is 0.596. The molecule has 0 aliphatic heterocycles. The number of benzene rings is 2. The maximum absolute atomic E-state index is 6.31. The molecule has 0 aliphatic rings. The predicted molar refractivity (Wildman–Crippen MR) is 95.4 cm³/mol. The standard InChI is InChI=1S/C19H20ClNO/c1-3-5-6-17(14-7-10-16(21)11-8-14)15-9-12-19(22-4-2)18(20)13-15/h3,5-13H,4,21H2,1-2H3. The van der Waals surface area contributed by atoms with Crippen LogP contribution in [0.25, 0.3) is 5.57 Å². The van der Waals surface area contributed by atoms with Gasteiger partial charge in [0.05, 0.1) is 11.6 Å². The van der Waals surface area contributed by atoms with Crippen molar-refractivity contribution < 1.29 is 4.74 Å². The summed E-state index contributed by atoms with van der Waals surface area (Å²) in [7, 11) is 0. The van der Waals surface area contributed by atoms with Gasteiger partial charge in [0.15, 0.2) is 0 Å². The molecule has 2 aromatic rings. The van der Waals surface area contributed by atoms with Gasteiger partial charge in [0.2, 0.25) is 0 Å². The van der Waals surface area contributed by atoms with Crippen LogP contribution in [0.2, 0.25) is 5.02 Å². The zero-order valence-electron chi connectivity index (χ0n) is 12.8. The SMILES string of the molecule is CC=CC=C(c1ccc(N)cc1)c1ccc(OCC)c(Cl)c1. The predicted octanol–water partition coefficient (Wildman–Crippen LogP) is 5.33. The number of hydrogen-bond donors (Lipinski definition) is 1. The van der Waals surface area contributed by atoms with Crippen molar-refractivity contribution in [1.82, 2.24) is 0 Å². The van der Waals surface area contributed by atoms with Crippen LogP contribution in [0.1, 0.15) is 25.0 Å². The Morgan fingerprint density at radius 3 is 2.41 bits per heavy atom. The normalized spacial score (nSPS) is 11.9. The van der Waals surface area contributed by atoms with Crippen molar-refractivity contribution in [3.63, 3.8) is 0 Å². The Bertz CT molecular complexity index is 687. The summed E-state index contributed by atoms with van der Waals surface area (Å²) in [6, 6.07) is 13.7. The molecule has 0 aliphatic carbocycles. The molecule has 0 aromatic heterocycles. The van der Waals surface area contributed by atoms with Crippen molar-refractivity contribution >= 4 is 22.9 Å². The maximum Gasteiger partial charge on any atom is 0.137 e. The van der Waals surface area contributed by atoms with Crippen LogP contribution in [0.3, 0.4) is 0 Å². The molecule has 0 radical (unpaired) electrons. The zero-order valence-corrected chi connectivity index (χ0v) is 13.6. The van der Waals surface area contributed by atoms with Crippen LogP contribution in [-0.4, -0.2) is 6.61 Å². The third kappa shape index (κ3) is 3.92. The van der Waals surface area contributed by atoms with Gasteiger partial charge in [0.25, 0.3) is 0 Å². The van der Waals surface area contributed by atoms with Gasteiger partial charge in [-0.2, -0.15) is 0 Å². The van der Waals surface area contributed by atoms with Crippen molar-refractivity contribution in [3.05, 3.63) is 76.8 Å². The fourth-order valence-corrected chi connectivity index (χ4v) is 2.39. The molecule has 0 heterocycles. The van der Waals surface area contributed by atoms with Crippen LogP contribution in [0, 0.1) is 0 Å². The highest BCUT2D eigenvalue weighted by Crippen LogP contribution is 2.31. The van der Waals surface area contributed by atoms with E-state index in [1.807, 2.05) is 68.5 Å². The first-order valence-electron chi connectivity index (χ1n) is 7.27. The molecule has 114 valence electrons. The van der Waals surface area contributed by atoms with Crippen LogP contribution in [0.5, 0.6) is 5.75 Å². The van der Waals surface area contributed by atoms with Crippen molar-refractivity contribution in [2.75, 3.05) is 12.3 Å². The van der Waals surface area contributed by atoms with Gasteiger partial charge in [-0.25, -0.2) is 0 Å². The highest BCUT2D eigenvalue weighted by atomic mass is 35.5. The maximum atomic E-state index is 6.31. The summed E-state index contributed by atoms with van der Waals surface area (Å²) in [6.45, 7) is 4.52. The molecule has 0 spiro atoms. The van der Waals surface area contributed by atoms with Gasteiger partial charge in [-0.3, -0.25) is 0 Å². The first kappa shape index (κ1) is 16.2. The smallest absolute Gasteiger partial charge is 0.137 e. The average molecular weight is 314 g/mol. The van der Waals surface area contributed by atoms with Gasteiger partial charge in [-0.05, 0) is 54.8 Å². The number of nitrogen functional groups attached to an aromatic ring is 1. The minimum Gasteiger partial charge on any atom is -0.492 e. The van der Waals surface area contributed by atoms with E-state index in [1.54, 1.807) is 0 Å². The molecular formula is C19H20ClNO. The second-order valence-electron chi connectivity index (χ2n) is 4.81. The van der Waals surface area contributed by atoms with Crippen LogP contribution in [0.15, 0.2) is 60.7 Å². The Labute approximate surface area is 136 Å². The number of halogens is 1. The average Bonchev–Trinajstić information content (AvgIpc) is 2.52. The molecule has 2 aromatic carbocycles. The van der Waals surface area contributed by atoms with E-state index in [-0.39, 0.29) is 0 Å². The minimum absolute atomic E-state index is 0.596. The molecule has 0 saturated heterocycles. The first-order valence-corrected chi connectivity index (χ1v) is 7.65. The van der Waals surface area contributed by atoms with Crippen molar-refractivity contribution in [3.8, 4) is 5.75 Å². The molecule has 0 atom stereocenters. The fraction of sp³-hybridized carbons (Fsp3) is 0.158. The van der Waals surface area contributed by atoms with Crippen molar-refractivity contribution in [1.29, 1.82) is 0 Å². The summed E-state index contributed by atoms with van der Waals surface area (Å²) in [4.78, 5) is 0. The molecule has 2 nitrogen and oxygen atoms in total. The molecule has 2 N–H and O–H groups in total. The summed E-state index contributed by atoms with van der Waals surface area (Å²) < 4.78 is 5.49. The molecule has 0 bridgehead atoms. The van der Waals surface area contributed by atoms with Gasteiger partial charge >= 0.3 is 0 Å². The summed E-state index contributed by atoms with van der Waals surface area (Å²) >= 11 is 6.31. The Balaban J connectivity index is 2.46. The summed E-state index contributed by atoms with van der Waals surface area (Å²) in [5.74, 6) is 0.704. The second kappa shape index (κ2) is 7.71. The fourth-order valence-electron chi connectivity index (χ4n) is 2.16. The third-order valence-electron chi connectivity index (χ3n) is 3.22. The lowest BCUT2D eigenvalue weighted by Crippen LogP contribution is -1.94. The molecule has 0 saturated carbocycles. The lowest BCUT2D eigenvalue weighted by Gasteiger charge is -2.11. The quantitative estimate of drug-likeness (QED) is 0.598. The third-order valence-corrected chi connectivity index (χ3v) is 3.52. The van der Waals surface area contributed by atoms with Gasteiger partial charge in [0.1, 0.15) is 5.75 Å². The van der Waals surface area contributed by atoms with E-state index in [0.717, 1.165) is 22.4 Å². The molecular weight excluding hydrogens is 294 g/mol. The number of nitrogens with two attached hydrogens (primary N) is 1. The molecule has 3 heteroatoms. The van der Waals surface area contributed by atoms with Gasteiger partial charge < -0.3 is 10.5 Å². The highest BCUT2D eigenvalue weighted by molar-refractivity contribution is 6.32. The van der Waals surface area contributed by atoms with E-state index in [0.29, 0.717) is 17.4 Å². The highest BCUT2D eigenvalue weighted by Gasteiger charge is 2.08. The van der Waals surface area contributed by atoms with Gasteiger partial charge in [-0.15, -0.1) is 0 Å². The number of rotatable bonds is 5.